The molecule has 0 unspecified atom stereocenters. The lowest BCUT2D eigenvalue weighted by molar-refractivity contribution is -0.137. The largest absolute Gasteiger partial charge is 0.419 e. The third-order valence-corrected chi connectivity index (χ3v) is 4.14. The number of sulfonamides is 1. The molecule has 1 aromatic carbocycles. The normalized spacial score (nSPS) is 12.2. The summed E-state index contributed by atoms with van der Waals surface area (Å²) in [5.74, 6) is 0. The molecule has 124 valence electrons. The predicted octanol–water partition coefficient (Wildman–Crippen LogP) is 3.01. The van der Waals surface area contributed by atoms with E-state index in [4.69, 9.17) is 16.7 Å². The topological polar surface area (TPSA) is 85.1 Å². The fraction of sp³-hybridized carbons (Fsp3) is 0.154. The molecule has 2 aromatic rings. The summed E-state index contributed by atoms with van der Waals surface area (Å²) in [6, 6.07) is 6.76. The summed E-state index contributed by atoms with van der Waals surface area (Å²) in [6.45, 7) is -0.184. The number of anilines is 1. The maximum absolute atomic E-state index is 12.9. The van der Waals surface area contributed by atoms with Crippen LogP contribution >= 0.6 is 11.6 Å². The van der Waals surface area contributed by atoms with Crippen molar-refractivity contribution < 1.29 is 21.6 Å². The molecule has 0 aliphatic heterocycles. The van der Waals surface area contributed by atoms with E-state index < -0.39 is 21.8 Å². The Morgan fingerprint density at radius 2 is 1.91 bits per heavy atom. The molecule has 0 amide bonds. The van der Waals surface area contributed by atoms with Gasteiger partial charge in [-0.2, -0.15) is 13.2 Å². The SMILES string of the molecule is NS(=O)(=O)c1ccccc1CNc1cc(Cl)ncc1C(F)(F)F. The highest BCUT2D eigenvalue weighted by Gasteiger charge is 2.34. The first-order valence-corrected chi connectivity index (χ1v) is 8.09. The minimum atomic E-state index is -4.63. The molecular weight excluding hydrogens is 355 g/mol. The van der Waals surface area contributed by atoms with Crippen molar-refractivity contribution in [2.45, 2.75) is 17.6 Å². The lowest BCUT2D eigenvalue weighted by Crippen LogP contribution is -2.17. The van der Waals surface area contributed by atoms with Gasteiger partial charge in [-0.05, 0) is 17.7 Å². The maximum atomic E-state index is 12.9. The van der Waals surface area contributed by atoms with Crippen molar-refractivity contribution in [2.24, 2.45) is 5.14 Å². The van der Waals surface area contributed by atoms with E-state index in [2.05, 4.69) is 10.3 Å². The van der Waals surface area contributed by atoms with E-state index in [1.54, 1.807) is 6.07 Å². The molecule has 0 atom stereocenters. The van der Waals surface area contributed by atoms with E-state index in [9.17, 15) is 21.6 Å². The Kier molecular flexibility index (Phi) is 4.83. The monoisotopic (exact) mass is 365 g/mol. The average Bonchev–Trinajstić information content (AvgIpc) is 2.43. The number of pyridine rings is 1. The first-order chi connectivity index (χ1) is 10.6. The van der Waals surface area contributed by atoms with Crippen LogP contribution in [-0.4, -0.2) is 13.4 Å². The van der Waals surface area contributed by atoms with E-state index in [0.717, 1.165) is 6.07 Å². The molecular formula is C13H11ClF3N3O2S. The Labute approximate surface area is 135 Å². The summed E-state index contributed by atoms with van der Waals surface area (Å²) in [4.78, 5) is 3.24. The highest BCUT2D eigenvalue weighted by Crippen LogP contribution is 2.35. The van der Waals surface area contributed by atoms with Gasteiger partial charge < -0.3 is 5.32 Å². The molecule has 0 aliphatic rings. The Morgan fingerprint density at radius 3 is 2.52 bits per heavy atom. The molecule has 23 heavy (non-hydrogen) atoms. The molecule has 1 aromatic heterocycles. The maximum Gasteiger partial charge on any atom is 0.419 e. The van der Waals surface area contributed by atoms with Gasteiger partial charge in [0.2, 0.25) is 10.0 Å². The lowest BCUT2D eigenvalue weighted by Gasteiger charge is -2.15. The van der Waals surface area contributed by atoms with Crippen LogP contribution < -0.4 is 10.5 Å². The number of primary sulfonamides is 1. The summed E-state index contributed by atoms with van der Waals surface area (Å²) in [5.41, 5.74) is -1.08. The molecule has 0 saturated heterocycles. The molecule has 0 bridgehead atoms. The van der Waals surface area contributed by atoms with Crippen molar-refractivity contribution in [3.05, 3.63) is 52.8 Å². The second kappa shape index (κ2) is 6.34. The minimum absolute atomic E-state index is 0.125. The average molecular weight is 366 g/mol. The van der Waals surface area contributed by atoms with Crippen LogP contribution in [0.1, 0.15) is 11.1 Å². The highest BCUT2D eigenvalue weighted by molar-refractivity contribution is 7.89. The van der Waals surface area contributed by atoms with Gasteiger partial charge in [-0.15, -0.1) is 0 Å². The molecule has 1 heterocycles. The van der Waals surface area contributed by atoms with Gasteiger partial charge in [0.05, 0.1) is 16.1 Å². The number of hydrogen-bond acceptors (Lipinski definition) is 4. The quantitative estimate of drug-likeness (QED) is 0.816. The summed E-state index contributed by atoms with van der Waals surface area (Å²) >= 11 is 5.62. The van der Waals surface area contributed by atoms with Crippen molar-refractivity contribution >= 4 is 27.3 Å². The summed E-state index contributed by atoms with van der Waals surface area (Å²) in [7, 11) is -3.99. The number of hydrogen-bond donors (Lipinski definition) is 2. The molecule has 0 aliphatic carbocycles. The minimum Gasteiger partial charge on any atom is -0.380 e. The zero-order valence-corrected chi connectivity index (χ0v) is 13.0. The Balaban J connectivity index is 2.35. The van der Waals surface area contributed by atoms with Gasteiger partial charge in [0.1, 0.15) is 5.15 Å². The van der Waals surface area contributed by atoms with Crippen molar-refractivity contribution in [1.29, 1.82) is 0 Å². The Morgan fingerprint density at radius 1 is 1.26 bits per heavy atom. The van der Waals surface area contributed by atoms with Gasteiger partial charge in [0.25, 0.3) is 0 Å². The van der Waals surface area contributed by atoms with Gasteiger partial charge in [0, 0.05) is 12.7 Å². The van der Waals surface area contributed by atoms with Crippen molar-refractivity contribution in [2.75, 3.05) is 5.32 Å². The lowest BCUT2D eigenvalue weighted by atomic mass is 10.2. The molecule has 2 rings (SSSR count). The number of nitrogens with zero attached hydrogens (tertiary/aromatic N) is 1. The van der Waals surface area contributed by atoms with Crippen molar-refractivity contribution in [3.63, 3.8) is 0 Å². The molecule has 3 N–H and O–H groups in total. The third-order valence-electron chi connectivity index (χ3n) is 2.92. The number of benzene rings is 1. The number of alkyl halides is 3. The fourth-order valence-electron chi connectivity index (χ4n) is 1.92. The molecule has 0 fully saturated rings. The van der Waals surface area contributed by atoms with Crippen molar-refractivity contribution in [1.82, 2.24) is 4.98 Å². The van der Waals surface area contributed by atoms with Crippen LogP contribution in [0.5, 0.6) is 0 Å². The van der Waals surface area contributed by atoms with Gasteiger partial charge in [-0.25, -0.2) is 18.5 Å². The van der Waals surface area contributed by atoms with Gasteiger partial charge in [0.15, 0.2) is 0 Å². The summed E-state index contributed by atoms with van der Waals surface area (Å²) in [6.07, 6.45) is -4.02. The van der Waals surface area contributed by atoms with Crippen LogP contribution in [-0.2, 0) is 22.7 Å². The molecule has 0 spiro atoms. The van der Waals surface area contributed by atoms with E-state index in [1.165, 1.54) is 18.2 Å². The molecule has 10 heteroatoms. The second-order valence-electron chi connectivity index (χ2n) is 4.56. The predicted molar refractivity (Wildman–Crippen MR) is 79.4 cm³/mol. The number of halogens is 4. The zero-order valence-electron chi connectivity index (χ0n) is 11.4. The summed E-state index contributed by atoms with van der Waals surface area (Å²) in [5, 5.41) is 7.48. The number of aromatic nitrogens is 1. The number of nitrogens with two attached hydrogens (primary N) is 1. The van der Waals surface area contributed by atoms with Crippen LogP contribution in [0.4, 0.5) is 18.9 Å². The second-order valence-corrected chi connectivity index (χ2v) is 6.47. The molecule has 0 saturated carbocycles. The van der Waals surface area contributed by atoms with E-state index in [0.29, 0.717) is 6.20 Å². The highest BCUT2D eigenvalue weighted by atomic mass is 35.5. The van der Waals surface area contributed by atoms with Crippen LogP contribution in [0.3, 0.4) is 0 Å². The van der Waals surface area contributed by atoms with Gasteiger partial charge >= 0.3 is 6.18 Å². The first-order valence-electron chi connectivity index (χ1n) is 6.16. The molecule has 5 nitrogen and oxygen atoms in total. The van der Waals surface area contributed by atoms with Crippen molar-refractivity contribution in [3.8, 4) is 0 Å². The van der Waals surface area contributed by atoms with E-state index in [-0.39, 0.29) is 27.8 Å². The van der Waals surface area contributed by atoms with E-state index >= 15 is 0 Å². The molecule has 0 radical (unpaired) electrons. The first kappa shape index (κ1) is 17.5. The van der Waals surface area contributed by atoms with Crippen LogP contribution in [0.2, 0.25) is 5.15 Å². The van der Waals surface area contributed by atoms with Crippen LogP contribution in [0, 0.1) is 0 Å². The van der Waals surface area contributed by atoms with Gasteiger partial charge in [-0.1, -0.05) is 29.8 Å². The smallest absolute Gasteiger partial charge is 0.380 e. The summed E-state index contributed by atoms with van der Waals surface area (Å²) < 4.78 is 61.8. The standard InChI is InChI=1S/C13H11ClF3N3O2S/c14-12-5-10(9(7-20-12)13(15,16)17)19-6-8-3-1-2-4-11(8)23(18,21)22/h1-5,7H,6H2,(H,19,20)(H2,18,21,22). The Hall–Kier alpha value is -1.84. The van der Waals surface area contributed by atoms with Crippen LogP contribution in [0.15, 0.2) is 41.4 Å². The van der Waals surface area contributed by atoms with E-state index in [1.807, 2.05) is 0 Å². The Bertz CT molecular complexity index is 825. The number of rotatable bonds is 4. The zero-order chi connectivity index (χ0) is 17.3. The van der Waals surface area contributed by atoms with Crippen LogP contribution in [0.25, 0.3) is 0 Å². The van der Waals surface area contributed by atoms with Gasteiger partial charge in [-0.3, -0.25) is 0 Å². The number of nitrogens with one attached hydrogen (secondary N) is 1. The third kappa shape index (κ3) is 4.34. The fourth-order valence-corrected chi connectivity index (χ4v) is 2.85.